The predicted octanol–water partition coefficient (Wildman–Crippen LogP) is 2.80. The van der Waals surface area contributed by atoms with E-state index in [2.05, 4.69) is 15.6 Å². The van der Waals surface area contributed by atoms with E-state index >= 15 is 0 Å². The van der Waals surface area contributed by atoms with Crippen molar-refractivity contribution in [2.24, 2.45) is 0 Å². The van der Waals surface area contributed by atoms with E-state index in [-0.39, 0.29) is 18.0 Å². The lowest BCUT2D eigenvalue weighted by atomic mass is 10.1. The van der Waals surface area contributed by atoms with Crippen LogP contribution in [0.1, 0.15) is 24.6 Å². The van der Waals surface area contributed by atoms with Crippen LogP contribution in [0.25, 0.3) is 0 Å². The van der Waals surface area contributed by atoms with Crippen LogP contribution in [0.3, 0.4) is 0 Å². The molecule has 0 spiro atoms. The Labute approximate surface area is 166 Å². The fourth-order valence-electron chi connectivity index (χ4n) is 3.20. The summed E-state index contributed by atoms with van der Waals surface area (Å²) in [7, 11) is 0. The highest BCUT2D eigenvalue weighted by Gasteiger charge is 2.33. The Morgan fingerprint density at radius 3 is 2.78 bits per heavy atom. The molecule has 10 heteroatoms. The maximum atomic E-state index is 12.3. The van der Waals surface area contributed by atoms with Gasteiger partial charge in [-0.1, -0.05) is 28.4 Å². The van der Waals surface area contributed by atoms with Crippen molar-refractivity contribution in [3.05, 3.63) is 40.1 Å². The molecule has 3 heterocycles. The van der Waals surface area contributed by atoms with E-state index in [1.54, 1.807) is 32.7 Å². The second-order valence-corrected chi connectivity index (χ2v) is 7.54. The minimum Gasteiger partial charge on any atom is -0.337 e. The van der Waals surface area contributed by atoms with Crippen LogP contribution in [0, 0.1) is 0 Å². The number of nitrogens with zero attached hydrogens (tertiary/aromatic N) is 5. The van der Waals surface area contributed by atoms with Crippen molar-refractivity contribution >= 4 is 40.8 Å². The van der Waals surface area contributed by atoms with Gasteiger partial charge in [0.2, 0.25) is 5.91 Å². The molecule has 0 bridgehead atoms. The van der Waals surface area contributed by atoms with Crippen LogP contribution in [-0.4, -0.2) is 56.4 Å². The molecule has 0 saturated carbocycles. The summed E-state index contributed by atoms with van der Waals surface area (Å²) in [5.74, 6) is 0.165. The number of carbonyl (C=O) groups is 2. The van der Waals surface area contributed by atoms with Gasteiger partial charge in [-0.15, -0.1) is 5.10 Å². The van der Waals surface area contributed by atoms with Gasteiger partial charge in [0.05, 0.1) is 28.8 Å². The normalized spacial score (nSPS) is 17.3. The average molecular weight is 409 g/mol. The van der Waals surface area contributed by atoms with Crippen molar-refractivity contribution in [3.8, 4) is 0 Å². The summed E-state index contributed by atoms with van der Waals surface area (Å²) in [5.41, 5.74) is 1.36. The van der Waals surface area contributed by atoms with E-state index < -0.39 is 0 Å². The highest BCUT2D eigenvalue weighted by Crippen LogP contribution is 2.26. The Balaban J connectivity index is 1.29. The summed E-state index contributed by atoms with van der Waals surface area (Å²) in [4.78, 5) is 27.5. The van der Waals surface area contributed by atoms with E-state index in [4.69, 9.17) is 23.2 Å². The lowest BCUT2D eigenvalue weighted by Crippen LogP contribution is -2.52. The van der Waals surface area contributed by atoms with Gasteiger partial charge in [0.15, 0.2) is 0 Å². The number of urea groups is 1. The Hall–Kier alpha value is -2.32. The Kier molecular flexibility index (Phi) is 4.92. The maximum Gasteiger partial charge on any atom is 0.321 e. The molecule has 27 heavy (non-hydrogen) atoms. The first-order chi connectivity index (χ1) is 13.0. The Bertz CT molecular complexity index is 880. The minimum atomic E-state index is -0.201. The van der Waals surface area contributed by atoms with Crippen LogP contribution in [0.15, 0.2) is 24.4 Å². The number of rotatable bonds is 4. The van der Waals surface area contributed by atoms with Gasteiger partial charge < -0.3 is 15.1 Å². The molecular formula is C17H18Cl2N6O2. The predicted molar refractivity (Wildman–Crippen MR) is 101 cm³/mol. The van der Waals surface area contributed by atoms with E-state index in [1.807, 2.05) is 6.20 Å². The van der Waals surface area contributed by atoms with Gasteiger partial charge in [-0.2, -0.15) is 0 Å². The first kappa shape index (κ1) is 18.1. The average Bonchev–Trinajstić information content (AvgIpc) is 3.20. The molecule has 1 N–H and O–H groups in total. The quantitative estimate of drug-likeness (QED) is 0.842. The summed E-state index contributed by atoms with van der Waals surface area (Å²) in [6, 6.07) is 4.84. The summed E-state index contributed by atoms with van der Waals surface area (Å²) in [6.45, 7) is 2.35. The van der Waals surface area contributed by atoms with Gasteiger partial charge >= 0.3 is 6.03 Å². The third kappa shape index (κ3) is 3.86. The van der Waals surface area contributed by atoms with Crippen LogP contribution in [0.5, 0.6) is 0 Å². The Morgan fingerprint density at radius 2 is 2.07 bits per heavy atom. The van der Waals surface area contributed by atoms with Gasteiger partial charge in [-0.05, 0) is 24.6 Å². The molecule has 1 aromatic carbocycles. The molecule has 8 nitrogen and oxygen atoms in total. The standard InChI is InChI=1S/C17H18Cl2N6O2/c18-14-4-3-11(6-15(14)19)20-17(27)24-9-13(10-24)25-8-12(21-22-25)7-23-5-1-2-16(23)26/h3-4,6,8,13H,1-2,5,7,9-10H2,(H,20,27). The SMILES string of the molecule is O=C1CCCN1Cc1cn(C2CN(C(=O)Nc3ccc(Cl)c(Cl)c3)C2)nn1. The summed E-state index contributed by atoms with van der Waals surface area (Å²) < 4.78 is 1.76. The van der Waals surface area contributed by atoms with Crippen molar-refractivity contribution in [3.63, 3.8) is 0 Å². The van der Waals surface area contributed by atoms with Crippen LogP contribution >= 0.6 is 23.2 Å². The highest BCUT2D eigenvalue weighted by atomic mass is 35.5. The van der Waals surface area contributed by atoms with Crippen LogP contribution in [0.4, 0.5) is 10.5 Å². The lowest BCUT2D eigenvalue weighted by Gasteiger charge is -2.38. The number of hydrogen-bond acceptors (Lipinski definition) is 4. The van der Waals surface area contributed by atoms with Crippen LogP contribution < -0.4 is 5.32 Å². The third-order valence-corrected chi connectivity index (χ3v) is 5.52. The zero-order valence-electron chi connectivity index (χ0n) is 14.4. The summed E-state index contributed by atoms with van der Waals surface area (Å²) in [5, 5.41) is 11.9. The number of benzene rings is 1. The topological polar surface area (TPSA) is 83.4 Å². The van der Waals surface area contributed by atoms with E-state index in [9.17, 15) is 9.59 Å². The maximum absolute atomic E-state index is 12.3. The first-order valence-corrected chi connectivity index (χ1v) is 9.44. The van der Waals surface area contributed by atoms with Crippen molar-refractivity contribution < 1.29 is 9.59 Å². The zero-order valence-corrected chi connectivity index (χ0v) is 15.9. The monoisotopic (exact) mass is 408 g/mol. The number of aromatic nitrogens is 3. The molecule has 2 aliphatic heterocycles. The number of amides is 3. The van der Waals surface area contributed by atoms with Crippen molar-refractivity contribution in [2.75, 3.05) is 25.0 Å². The smallest absolute Gasteiger partial charge is 0.321 e. The second-order valence-electron chi connectivity index (χ2n) is 6.73. The number of hydrogen-bond donors (Lipinski definition) is 1. The van der Waals surface area contributed by atoms with Crippen LogP contribution in [-0.2, 0) is 11.3 Å². The molecule has 1 aromatic heterocycles. The molecule has 3 amide bonds. The van der Waals surface area contributed by atoms with Crippen LogP contribution in [0.2, 0.25) is 10.0 Å². The molecule has 0 radical (unpaired) electrons. The van der Waals surface area contributed by atoms with Gasteiger partial charge in [0.25, 0.3) is 0 Å². The lowest BCUT2D eigenvalue weighted by molar-refractivity contribution is -0.128. The first-order valence-electron chi connectivity index (χ1n) is 8.69. The molecule has 0 unspecified atom stereocenters. The van der Waals surface area contributed by atoms with E-state index in [1.165, 1.54) is 0 Å². The van der Waals surface area contributed by atoms with Gasteiger partial charge in [-0.25, -0.2) is 9.48 Å². The number of likely N-dealkylation sites (tertiary alicyclic amines) is 2. The van der Waals surface area contributed by atoms with Gasteiger partial charge in [-0.3, -0.25) is 4.79 Å². The molecule has 142 valence electrons. The summed E-state index contributed by atoms with van der Waals surface area (Å²) >= 11 is 11.8. The Morgan fingerprint density at radius 1 is 1.26 bits per heavy atom. The third-order valence-electron chi connectivity index (χ3n) is 4.78. The minimum absolute atomic E-state index is 0.0834. The zero-order chi connectivity index (χ0) is 19.0. The summed E-state index contributed by atoms with van der Waals surface area (Å²) in [6.07, 6.45) is 3.36. The van der Waals surface area contributed by atoms with Crippen molar-refractivity contribution in [2.45, 2.75) is 25.4 Å². The molecule has 2 saturated heterocycles. The van der Waals surface area contributed by atoms with Crippen molar-refractivity contribution in [1.29, 1.82) is 0 Å². The number of nitrogens with one attached hydrogen (secondary N) is 1. The van der Waals surface area contributed by atoms with E-state index in [0.29, 0.717) is 41.8 Å². The molecule has 2 aliphatic rings. The number of halogens is 2. The molecule has 2 fully saturated rings. The highest BCUT2D eigenvalue weighted by molar-refractivity contribution is 6.42. The van der Waals surface area contributed by atoms with Gasteiger partial charge in [0, 0.05) is 31.7 Å². The van der Waals surface area contributed by atoms with E-state index in [0.717, 1.165) is 18.7 Å². The molecule has 0 atom stereocenters. The van der Waals surface area contributed by atoms with Gasteiger partial charge in [0.1, 0.15) is 5.69 Å². The van der Waals surface area contributed by atoms with Crippen molar-refractivity contribution in [1.82, 2.24) is 24.8 Å². The molecule has 4 rings (SSSR count). The molecule has 0 aliphatic carbocycles. The second kappa shape index (κ2) is 7.36. The fourth-order valence-corrected chi connectivity index (χ4v) is 3.49. The number of carbonyl (C=O) groups excluding carboxylic acids is 2. The molecular weight excluding hydrogens is 391 g/mol. The number of anilines is 1. The fraction of sp³-hybridized carbons (Fsp3) is 0.412. The molecule has 2 aromatic rings. The largest absolute Gasteiger partial charge is 0.337 e.